The van der Waals surface area contributed by atoms with Crippen molar-refractivity contribution in [3.8, 4) is 0 Å². The quantitative estimate of drug-likeness (QED) is 0.268. The van der Waals surface area contributed by atoms with Crippen LogP contribution >= 0.6 is 24.0 Å². The lowest BCUT2D eigenvalue weighted by molar-refractivity contribution is 0.00990. The van der Waals surface area contributed by atoms with Crippen molar-refractivity contribution in [3.63, 3.8) is 0 Å². The molecule has 0 spiro atoms. The number of hydrogen-bond acceptors (Lipinski definition) is 4. The number of rotatable bonds is 8. The normalized spacial score (nSPS) is 15.8. The second-order valence-electron chi connectivity index (χ2n) is 6.51. The molecule has 0 radical (unpaired) electrons. The third kappa shape index (κ3) is 7.44. The number of methoxy groups -OCH3 is 1. The summed E-state index contributed by atoms with van der Waals surface area (Å²) in [5.41, 5.74) is 1.16. The van der Waals surface area contributed by atoms with Crippen molar-refractivity contribution < 1.29 is 13.9 Å². The first-order valence-electron chi connectivity index (χ1n) is 9.33. The summed E-state index contributed by atoms with van der Waals surface area (Å²) in [6.07, 6.45) is 3.40. The van der Waals surface area contributed by atoms with Gasteiger partial charge in [0.2, 0.25) is 0 Å². The highest BCUT2D eigenvalue weighted by Crippen LogP contribution is 2.17. The number of guanidine groups is 1. The average Bonchev–Trinajstić information content (AvgIpc) is 2.93. The van der Waals surface area contributed by atoms with E-state index in [1.165, 1.54) is 0 Å². The average molecular weight is 479 g/mol. The Morgan fingerprint density at radius 3 is 2.62 bits per heavy atom. The Hall–Kier alpha value is -0.800. The minimum Gasteiger partial charge on any atom is -0.466 e. The van der Waals surface area contributed by atoms with Gasteiger partial charge in [-0.15, -0.1) is 24.0 Å². The Balaban J connectivity index is 0.00000338. The van der Waals surface area contributed by atoms with E-state index in [0.29, 0.717) is 12.6 Å². The lowest BCUT2D eigenvalue weighted by Crippen LogP contribution is -2.47. The third-order valence-electron chi connectivity index (χ3n) is 4.47. The molecule has 1 aliphatic heterocycles. The molecule has 0 aromatic carbocycles. The van der Waals surface area contributed by atoms with E-state index in [4.69, 9.17) is 18.9 Å². The highest BCUT2D eigenvalue weighted by atomic mass is 127. The first kappa shape index (κ1) is 23.2. The van der Waals surface area contributed by atoms with E-state index in [2.05, 4.69) is 23.2 Å². The molecule has 0 bridgehead atoms. The van der Waals surface area contributed by atoms with Gasteiger partial charge in [-0.3, -0.25) is 0 Å². The van der Waals surface area contributed by atoms with Gasteiger partial charge in [0.1, 0.15) is 11.5 Å². The summed E-state index contributed by atoms with van der Waals surface area (Å²) in [7, 11) is 1.73. The Morgan fingerprint density at radius 2 is 2.04 bits per heavy atom. The number of ether oxygens (including phenoxy) is 2. The minimum atomic E-state index is 0. The van der Waals surface area contributed by atoms with Crippen LogP contribution in [0.25, 0.3) is 0 Å². The predicted molar refractivity (Wildman–Crippen MR) is 115 cm³/mol. The van der Waals surface area contributed by atoms with Crippen LogP contribution in [0.3, 0.4) is 0 Å². The lowest BCUT2D eigenvalue weighted by atomic mass is 10.1. The van der Waals surface area contributed by atoms with Crippen LogP contribution in [0.15, 0.2) is 15.5 Å². The lowest BCUT2D eigenvalue weighted by Gasteiger charge is -2.34. The maximum absolute atomic E-state index is 5.94. The van der Waals surface area contributed by atoms with Gasteiger partial charge in [-0.25, -0.2) is 4.99 Å². The number of hydrogen-bond donors (Lipinski definition) is 1. The third-order valence-corrected chi connectivity index (χ3v) is 4.47. The van der Waals surface area contributed by atoms with E-state index in [1.54, 1.807) is 7.11 Å². The summed E-state index contributed by atoms with van der Waals surface area (Å²) in [4.78, 5) is 7.14. The second-order valence-corrected chi connectivity index (χ2v) is 6.51. The van der Waals surface area contributed by atoms with E-state index in [1.807, 2.05) is 13.8 Å². The number of aliphatic imine (C=N–C) groups is 1. The van der Waals surface area contributed by atoms with Crippen LogP contribution in [0.4, 0.5) is 0 Å². The number of aryl methyl sites for hydroxylation is 2. The van der Waals surface area contributed by atoms with Crippen LogP contribution in [-0.2, 0) is 16.0 Å². The molecule has 1 aromatic rings. The zero-order valence-electron chi connectivity index (χ0n) is 16.5. The monoisotopic (exact) mass is 479 g/mol. The van der Waals surface area contributed by atoms with Crippen LogP contribution in [-0.4, -0.2) is 56.9 Å². The summed E-state index contributed by atoms with van der Waals surface area (Å²) < 4.78 is 16.6. The van der Waals surface area contributed by atoms with Gasteiger partial charge >= 0.3 is 0 Å². The fraction of sp³-hybridized carbons (Fsp3) is 0.737. The fourth-order valence-electron chi connectivity index (χ4n) is 3.11. The van der Waals surface area contributed by atoms with Gasteiger partial charge < -0.3 is 24.1 Å². The molecule has 7 heteroatoms. The molecule has 0 unspecified atom stereocenters. The molecular weight excluding hydrogens is 445 g/mol. The summed E-state index contributed by atoms with van der Waals surface area (Å²) in [6, 6.07) is 2.07. The number of nitrogens with zero attached hydrogens (tertiary/aromatic N) is 2. The van der Waals surface area contributed by atoms with Gasteiger partial charge in [-0.2, -0.15) is 0 Å². The molecule has 0 atom stereocenters. The van der Waals surface area contributed by atoms with Crippen molar-refractivity contribution in [2.45, 2.75) is 52.7 Å². The van der Waals surface area contributed by atoms with Crippen LogP contribution < -0.4 is 5.32 Å². The van der Waals surface area contributed by atoms with Crippen LogP contribution in [0, 0.1) is 13.8 Å². The summed E-state index contributed by atoms with van der Waals surface area (Å²) in [5, 5.41) is 3.41. The fourth-order valence-corrected chi connectivity index (χ4v) is 3.11. The maximum Gasteiger partial charge on any atom is 0.194 e. The smallest absolute Gasteiger partial charge is 0.194 e. The van der Waals surface area contributed by atoms with Gasteiger partial charge in [0, 0.05) is 45.5 Å². The molecule has 0 amide bonds. The Kier molecular flexibility index (Phi) is 11.2. The van der Waals surface area contributed by atoms with Gasteiger partial charge in [0.05, 0.1) is 12.6 Å². The van der Waals surface area contributed by atoms with Crippen molar-refractivity contribution in [2.75, 3.05) is 40.0 Å². The Labute approximate surface area is 174 Å². The van der Waals surface area contributed by atoms with Gasteiger partial charge in [0.15, 0.2) is 5.96 Å². The first-order valence-corrected chi connectivity index (χ1v) is 9.33. The number of piperidine rings is 1. The maximum atomic E-state index is 5.94. The van der Waals surface area contributed by atoms with Gasteiger partial charge in [-0.05, 0) is 46.1 Å². The standard InChI is InChI=1S/C19H33N3O3.HI/c1-5-20-19(21-14-17-13-15(2)25-16(17)3)22-9-7-18(8-10-22)24-12-6-11-23-4;/h13,18H,5-12,14H2,1-4H3,(H,20,21);1H. The van der Waals surface area contributed by atoms with Crippen LogP contribution in [0.2, 0.25) is 0 Å². The summed E-state index contributed by atoms with van der Waals surface area (Å²) in [5.74, 6) is 2.89. The SMILES string of the molecule is CCNC(=NCc1cc(C)oc1C)N1CCC(OCCCOC)CC1.I. The van der Waals surface area contributed by atoms with Crippen molar-refractivity contribution >= 4 is 29.9 Å². The van der Waals surface area contributed by atoms with Crippen molar-refractivity contribution in [2.24, 2.45) is 4.99 Å². The zero-order valence-corrected chi connectivity index (χ0v) is 18.9. The molecule has 1 saturated heterocycles. The van der Waals surface area contributed by atoms with Crippen LogP contribution in [0.5, 0.6) is 0 Å². The Morgan fingerprint density at radius 1 is 1.31 bits per heavy atom. The molecular formula is C19H34IN3O3. The molecule has 1 aliphatic rings. The van der Waals surface area contributed by atoms with Crippen molar-refractivity contribution in [1.29, 1.82) is 0 Å². The van der Waals surface area contributed by atoms with Crippen molar-refractivity contribution in [3.05, 3.63) is 23.2 Å². The largest absolute Gasteiger partial charge is 0.466 e. The molecule has 1 N–H and O–H groups in total. The predicted octanol–water partition coefficient (Wildman–Crippen LogP) is 3.50. The number of furan rings is 1. The molecule has 6 nitrogen and oxygen atoms in total. The second kappa shape index (κ2) is 12.6. The molecule has 1 aromatic heterocycles. The van der Waals surface area contributed by atoms with Gasteiger partial charge in [0.25, 0.3) is 0 Å². The Bertz CT molecular complexity index is 540. The van der Waals surface area contributed by atoms with E-state index >= 15 is 0 Å². The number of halogens is 1. The van der Waals surface area contributed by atoms with E-state index < -0.39 is 0 Å². The molecule has 150 valence electrons. The summed E-state index contributed by atoms with van der Waals surface area (Å²) in [6.45, 7) is 11.1. The summed E-state index contributed by atoms with van der Waals surface area (Å²) >= 11 is 0. The molecule has 2 heterocycles. The molecule has 2 rings (SSSR count). The molecule has 0 saturated carbocycles. The molecule has 0 aliphatic carbocycles. The van der Waals surface area contributed by atoms with E-state index in [-0.39, 0.29) is 24.0 Å². The van der Waals surface area contributed by atoms with Crippen LogP contribution in [0.1, 0.15) is 43.3 Å². The topological polar surface area (TPSA) is 59.2 Å². The van der Waals surface area contributed by atoms with E-state index in [9.17, 15) is 0 Å². The highest BCUT2D eigenvalue weighted by molar-refractivity contribution is 14.0. The first-order chi connectivity index (χ1) is 12.1. The highest BCUT2D eigenvalue weighted by Gasteiger charge is 2.22. The molecule has 26 heavy (non-hydrogen) atoms. The number of likely N-dealkylation sites (tertiary alicyclic amines) is 1. The van der Waals surface area contributed by atoms with E-state index in [0.717, 1.165) is 75.2 Å². The minimum absolute atomic E-state index is 0. The van der Waals surface area contributed by atoms with Crippen molar-refractivity contribution in [1.82, 2.24) is 10.2 Å². The van der Waals surface area contributed by atoms with Gasteiger partial charge in [-0.1, -0.05) is 0 Å². The zero-order chi connectivity index (χ0) is 18.1. The number of nitrogens with one attached hydrogen (secondary N) is 1. The molecule has 1 fully saturated rings.